The van der Waals surface area contributed by atoms with Gasteiger partial charge in [-0.05, 0) is 3.57 Å². The Hall–Kier alpha value is -0.646. The molecule has 0 bridgehead atoms. The molecular formula is C14H8F2IN2OY-. The first-order valence-corrected chi connectivity index (χ1v) is 6.70. The van der Waals surface area contributed by atoms with Crippen LogP contribution >= 0.6 is 22.6 Å². The number of hydrogen-bond donors (Lipinski definition) is 0. The third kappa shape index (κ3) is 4.41. The van der Waals surface area contributed by atoms with Crippen LogP contribution in [0.5, 0.6) is 0 Å². The van der Waals surface area contributed by atoms with Crippen molar-refractivity contribution in [3.05, 3.63) is 55.9 Å². The summed E-state index contributed by atoms with van der Waals surface area (Å²) in [6.45, 7) is -0.679. The maximum absolute atomic E-state index is 12.6. The quantitative estimate of drug-likeness (QED) is 0.508. The van der Waals surface area contributed by atoms with Crippen LogP contribution in [0, 0.1) is 21.0 Å². The monoisotopic (exact) mass is 474 g/mol. The van der Waals surface area contributed by atoms with E-state index in [0.717, 1.165) is 4.57 Å². The molecule has 7 heteroatoms. The van der Waals surface area contributed by atoms with E-state index in [0.29, 0.717) is 20.4 Å². The molecule has 0 fully saturated rings. The van der Waals surface area contributed by atoms with Gasteiger partial charge in [0, 0.05) is 38.3 Å². The van der Waals surface area contributed by atoms with E-state index in [1.165, 1.54) is 6.07 Å². The molecule has 1 aromatic carbocycles. The molecule has 2 rings (SSSR count). The molecule has 3 nitrogen and oxygen atoms in total. The molecule has 2 aromatic rings. The maximum Gasteiger partial charge on any atom is 0.256 e. The van der Waals surface area contributed by atoms with Crippen molar-refractivity contribution in [2.45, 2.75) is 13.0 Å². The predicted molar refractivity (Wildman–Crippen MR) is 78.4 cm³/mol. The summed E-state index contributed by atoms with van der Waals surface area (Å²) in [5.74, 6) is 0. The summed E-state index contributed by atoms with van der Waals surface area (Å²) >= 11 is 1.79. The van der Waals surface area contributed by atoms with Gasteiger partial charge in [-0.2, -0.15) is 17.4 Å². The van der Waals surface area contributed by atoms with Crippen LogP contribution in [0.1, 0.15) is 5.56 Å². The second-order valence-electron chi connectivity index (χ2n) is 3.98. The minimum absolute atomic E-state index is 0. The number of nitriles is 1. The minimum Gasteiger partial charge on any atom is -0.336 e. The molecule has 0 amide bonds. The van der Waals surface area contributed by atoms with E-state index in [1.807, 2.05) is 6.07 Å². The Labute approximate surface area is 159 Å². The largest absolute Gasteiger partial charge is 0.336 e. The zero-order chi connectivity index (χ0) is 14.7. The summed E-state index contributed by atoms with van der Waals surface area (Å²) in [7, 11) is 0. The molecule has 0 spiro atoms. The molecular weight excluding hydrogens is 466 g/mol. The Morgan fingerprint density at radius 3 is 2.48 bits per heavy atom. The van der Waals surface area contributed by atoms with Crippen molar-refractivity contribution in [3.63, 3.8) is 0 Å². The van der Waals surface area contributed by atoms with Crippen LogP contribution in [0.25, 0.3) is 11.3 Å². The van der Waals surface area contributed by atoms with Crippen molar-refractivity contribution in [1.82, 2.24) is 4.57 Å². The topological polar surface area (TPSA) is 45.8 Å². The second kappa shape index (κ2) is 8.11. The van der Waals surface area contributed by atoms with Gasteiger partial charge < -0.3 is 4.57 Å². The number of alkyl halides is 2. The number of pyridine rings is 1. The molecule has 0 aliphatic rings. The Balaban J connectivity index is 0.00000220. The van der Waals surface area contributed by atoms with E-state index >= 15 is 0 Å². The van der Waals surface area contributed by atoms with Crippen LogP contribution < -0.4 is 5.56 Å². The summed E-state index contributed by atoms with van der Waals surface area (Å²) in [5.41, 5.74) is 0.851. The second-order valence-corrected chi connectivity index (χ2v) is 5.14. The van der Waals surface area contributed by atoms with Gasteiger partial charge in [0.15, 0.2) is 0 Å². The number of halogens is 3. The standard InChI is InChI=1S/C14H8F2IN2O.Y/c15-13(16)8-19-12(6-5-11(17)14(19)20)10-3-1-9(7-18)2-4-10;/h1-5,13H,8H2;/q-1;. The van der Waals surface area contributed by atoms with Crippen LogP contribution in [0.4, 0.5) is 8.78 Å². The third-order valence-electron chi connectivity index (χ3n) is 2.66. The number of aromatic nitrogens is 1. The number of hydrogen-bond acceptors (Lipinski definition) is 2. The van der Waals surface area contributed by atoms with E-state index in [4.69, 9.17) is 5.26 Å². The van der Waals surface area contributed by atoms with E-state index in [2.05, 4.69) is 6.07 Å². The number of nitrogens with zero attached hydrogens (tertiary/aromatic N) is 2. The Bertz CT molecular complexity index is 723. The number of benzene rings is 1. The molecule has 1 heterocycles. The summed E-state index contributed by atoms with van der Waals surface area (Å²) in [5, 5.41) is 8.74. The molecule has 0 N–H and O–H groups in total. The molecule has 21 heavy (non-hydrogen) atoms. The van der Waals surface area contributed by atoms with Crippen LogP contribution in [-0.2, 0) is 39.3 Å². The zero-order valence-corrected chi connectivity index (χ0v) is 15.7. The van der Waals surface area contributed by atoms with Crippen molar-refractivity contribution in [3.8, 4) is 17.3 Å². The predicted octanol–water partition coefficient (Wildman–Crippen LogP) is 3.05. The maximum atomic E-state index is 12.6. The van der Waals surface area contributed by atoms with Gasteiger partial charge in [0.05, 0.1) is 12.6 Å². The molecule has 0 aliphatic carbocycles. The fourth-order valence-corrected chi connectivity index (χ4v) is 2.20. The Morgan fingerprint density at radius 2 is 1.95 bits per heavy atom. The SMILES string of the molecule is N#Cc1ccc(-c2[c-]cc(I)c(=O)n2CC(F)F)cc1.[Y]. The van der Waals surface area contributed by atoms with Gasteiger partial charge in [-0.25, -0.2) is 8.78 Å². The molecule has 105 valence electrons. The average Bonchev–Trinajstić information content (AvgIpc) is 2.44. The zero-order valence-electron chi connectivity index (χ0n) is 10.7. The molecule has 1 radical (unpaired) electrons. The fourth-order valence-electron chi connectivity index (χ4n) is 1.76. The van der Waals surface area contributed by atoms with Gasteiger partial charge in [0.1, 0.15) is 0 Å². The molecule has 0 unspecified atom stereocenters. The average molecular weight is 474 g/mol. The first-order chi connectivity index (χ1) is 9.52. The first kappa shape index (κ1) is 18.4. The third-order valence-corrected chi connectivity index (χ3v) is 3.44. The van der Waals surface area contributed by atoms with Gasteiger partial charge in [-0.3, -0.25) is 4.79 Å². The molecule has 0 aliphatic heterocycles. The van der Waals surface area contributed by atoms with Crippen molar-refractivity contribution in [2.75, 3.05) is 0 Å². The first-order valence-electron chi connectivity index (χ1n) is 5.62. The summed E-state index contributed by atoms with van der Waals surface area (Å²) in [6.07, 6.45) is -2.63. The van der Waals surface area contributed by atoms with Gasteiger partial charge in [-0.1, -0.05) is 23.4 Å². The molecule has 1 aromatic heterocycles. The smallest absolute Gasteiger partial charge is 0.256 e. The van der Waals surface area contributed by atoms with Gasteiger partial charge in [0.25, 0.3) is 6.43 Å². The fraction of sp³-hybridized carbons (Fsp3) is 0.143. The van der Waals surface area contributed by atoms with Gasteiger partial charge in [-0.15, -0.1) is 34.7 Å². The van der Waals surface area contributed by atoms with Crippen molar-refractivity contribution in [2.24, 2.45) is 0 Å². The normalized spacial score (nSPS) is 10.0. The van der Waals surface area contributed by atoms with Crippen LogP contribution in [-0.4, -0.2) is 11.0 Å². The van der Waals surface area contributed by atoms with Gasteiger partial charge >= 0.3 is 0 Å². The van der Waals surface area contributed by atoms with Crippen LogP contribution in [0.15, 0.2) is 35.1 Å². The van der Waals surface area contributed by atoms with Gasteiger partial charge in [0.2, 0.25) is 5.56 Å². The Kier molecular flexibility index (Phi) is 7.11. The van der Waals surface area contributed by atoms with Crippen molar-refractivity contribution < 1.29 is 41.5 Å². The van der Waals surface area contributed by atoms with E-state index < -0.39 is 18.5 Å². The molecule has 0 atom stereocenters. The van der Waals surface area contributed by atoms with E-state index in [1.54, 1.807) is 46.9 Å². The molecule has 0 saturated heterocycles. The van der Waals surface area contributed by atoms with E-state index in [-0.39, 0.29) is 32.7 Å². The van der Waals surface area contributed by atoms with E-state index in [9.17, 15) is 13.6 Å². The number of rotatable bonds is 3. The van der Waals surface area contributed by atoms with Crippen molar-refractivity contribution in [1.29, 1.82) is 5.26 Å². The summed E-state index contributed by atoms with van der Waals surface area (Å²) in [6, 6.07) is 12.6. The minimum atomic E-state index is -2.63. The van der Waals surface area contributed by atoms with Crippen LogP contribution in [0.3, 0.4) is 0 Å². The van der Waals surface area contributed by atoms with Crippen LogP contribution in [0.2, 0.25) is 0 Å². The summed E-state index contributed by atoms with van der Waals surface area (Å²) in [4.78, 5) is 12.0. The van der Waals surface area contributed by atoms with Crippen molar-refractivity contribution >= 4 is 22.6 Å². The summed E-state index contributed by atoms with van der Waals surface area (Å²) < 4.78 is 26.6. The Morgan fingerprint density at radius 1 is 1.33 bits per heavy atom. The molecule has 0 saturated carbocycles.